The number of nitrogens with two attached hydrogens (primary N) is 1. The van der Waals surface area contributed by atoms with Gasteiger partial charge in [-0.1, -0.05) is 47.5 Å². The van der Waals surface area contributed by atoms with Gasteiger partial charge >= 0.3 is 0 Å². The molecule has 0 aliphatic carbocycles. The molecule has 1 atom stereocenters. The van der Waals surface area contributed by atoms with E-state index in [1.165, 1.54) is 22.3 Å². The molecule has 0 aliphatic rings. The molecule has 106 valence electrons. The number of hydrogen-bond donors (Lipinski definition) is 2. The molecule has 0 saturated carbocycles. The highest BCUT2D eigenvalue weighted by molar-refractivity contribution is 6.30. The van der Waals surface area contributed by atoms with Crippen LogP contribution in [0.5, 0.6) is 0 Å². The van der Waals surface area contributed by atoms with Gasteiger partial charge in [0.1, 0.15) is 0 Å². The van der Waals surface area contributed by atoms with Gasteiger partial charge in [0, 0.05) is 11.1 Å². The fraction of sp³-hybridized carbons (Fsp3) is 0.294. The summed E-state index contributed by atoms with van der Waals surface area (Å²) in [4.78, 5) is 0. The van der Waals surface area contributed by atoms with Crippen molar-refractivity contribution in [2.24, 2.45) is 5.84 Å². The Morgan fingerprint density at radius 1 is 1.10 bits per heavy atom. The predicted molar refractivity (Wildman–Crippen MR) is 85.9 cm³/mol. The third kappa shape index (κ3) is 4.07. The molecule has 0 aromatic heterocycles. The van der Waals surface area contributed by atoms with Crippen LogP contribution in [0.2, 0.25) is 5.02 Å². The average Bonchev–Trinajstić information content (AvgIpc) is 2.42. The van der Waals surface area contributed by atoms with Crippen molar-refractivity contribution in [3.8, 4) is 0 Å². The monoisotopic (exact) mass is 288 g/mol. The van der Waals surface area contributed by atoms with Gasteiger partial charge in [0.25, 0.3) is 0 Å². The first-order chi connectivity index (χ1) is 9.58. The van der Waals surface area contributed by atoms with E-state index in [0.29, 0.717) is 0 Å². The summed E-state index contributed by atoms with van der Waals surface area (Å²) < 4.78 is 0. The molecule has 2 nitrogen and oxygen atoms in total. The molecule has 2 aromatic rings. The van der Waals surface area contributed by atoms with Crippen molar-refractivity contribution < 1.29 is 0 Å². The van der Waals surface area contributed by atoms with E-state index in [0.717, 1.165) is 17.9 Å². The number of aryl methyl sites for hydroxylation is 2. The van der Waals surface area contributed by atoms with Gasteiger partial charge in [0.05, 0.1) is 0 Å². The first kappa shape index (κ1) is 15.0. The molecule has 1 unspecified atom stereocenters. The zero-order valence-electron chi connectivity index (χ0n) is 12.0. The Morgan fingerprint density at radius 2 is 1.90 bits per heavy atom. The molecule has 0 bridgehead atoms. The standard InChI is InChI=1S/C17H21ClN2/c1-12-6-7-13(2)15(8-12)11-17(20-19)10-14-4-3-5-16(18)9-14/h3-9,17,20H,10-11,19H2,1-2H3. The summed E-state index contributed by atoms with van der Waals surface area (Å²) in [7, 11) is 0. The van der Waals surface area contributed by atoms with E-state index in [9.17, 15) is 0 Å². The number of halogens is 1. The third-order valence-electron chi connectivity index (χ3n) is 3.58. The van der Waals surface area contributed by atoms with E-state index in [1.807, 2.05) is 18.2 Å². The minimum atomic E-state index is 0.203. The predicted octanol–water partition coefficient (Wildman–Crippen LogP) is 3.57. The summed E-state index contributed by atoms with van der Waals surface area (Å²) >= 11 is 6.03. The van der Waals surface area contributed by atoms with Crippen molar-refractivity contribution in [1.82, 2.24) is 5.43 Å². The van der Waals surface area contributed by atoms with Gasteiger partial charge in [-0.15, -0.1) is 0 Å². The lowest BCUT2D eigenvalue weighted by atomic mass is 9.95. The molecule has 0 spiro atoms. The summed E-state index contributed by atoms with van der Waals surface area (Å²) in [6, 6.07) is 14.7. The van der Waals surface area contributed by atoms with Crippen LogP contribution >= 0.6 is 11.6 Å². The molecule has 0 saturated heterocycles. The molecule has 2 rings (SSSR count). The number of rotatable bonds is 5. The molecule has 3 N–H and O–H groups in total. The van der Waals surface area contributed by atoms with Crippen LogP contribution in [0.15, 0.2) is 42.5 Å². The van der Waals surface area contributed by atoms with Gasteiger partial charge in [-0.2, -0.15) is 0 Å². The van der Waals surface area contributed by atoms with Crippen LogP contribution in [-0.2, 0) is 12.8 Å². The molecule has 0 fully saturated rings. The van der Waals surface area contributed by atoms with E-state index in [4.69, 9.17) is 17.4 Å². The smallest absolute Gasteiger partial charge is 0.0408 e. The zero-order valence-corrected chi connectivity index (χ0v) is 12.7. The van der Waals surface area contributed by atoms with Crippen LogP contribution in [0, 0.1) is 13.8 Å². The van der Waals surface area contributed by atoms with Gasteiger partial charge < -0.3 is 0 Å². The highest BCUT2D eigenvalue weighted by atomic mass is 35.5. The second-order valence-electron chi connectivity index (χ2n) is 5.33. The molecule has 2 aromatic carbocycles. The first-order valence-electron chi connectivity index (χ1n) is 6.85. The van der Waals surface area contributed by atoms with Gasteiger partial charge in [0.2, 0.25) is 0 Å². The van der Waals surface area contributed by atoms with E-state index >= 15 is 0 Å². The molecule has 0 heterocycles. The molecular formula is C17H21ClN2. The largest absolute Gasteiger partial charge is 0.271 e. The molecule has 20 heavy (non-hydrogen) atoms. The number of nitrogens with one attached hydrogen (secondary N) is 1. The van der Waals surface area contributed by atoms with Crippen molar-refractivity contribution in [2.45, 2.75) is 32.7 Å². The van der Waals surface area contributed by atoms with Crippen LogP contribution in [0.4, 0.5) is 0 Å². The van der Waals surface area contributed by atoms with E-state index in [1.54, 1.807) is 0 Å². The maximum absolute atomic E-state index is 6.03. The Bertz CT molecular complexity index is 581. The minimum Gasteiger partial charge on any atom is -0.271 e. The lowest BCUT2D eigenvalue weighted by molar-refractivity contribution is 0.521. The SMILES string of the molecule is Cc1ccc(C)c(CC(Cc2cccc(Cl)c2)NN)c1. The highest BCUT2D eigenvalue weighted by Crippen LogP contribution is 2.16. The molecule has 0 aliphatic heterocycles. The number of benzene rings is 2. The molecule has 0 amide bonds. The van der Waals surface area contributed by atoms with Gasteiger partial charge in [-0.3, -0.25) is 11.3 Å². The van der Waals surface area contributed by atoms with Crippen molar-refractivity contribution >= 4 is 11.6 Å². The van der Waals surface area contributed by atoms with Crippen LogP contribution in [0.3, 0.4) is 0 Å². The minimum absolute atomic E-state index is 0.203. The van der Waals surface area contributed by atoms with Gasteiger partial charge in [-0.05, 0) is 55.5 Å². The van der Waals surface area contributed by atoms with Crippen molar-refractivity contribution in [3.63, 3.8) is 0 Å². The lowest BCUT2D eigenvalue weighted by Gasteiger charge is -2.18. The normalized spacial score (nSPS) is 12.4. The summed E-state index contributed by atoms with van der Waals surface area (Å²) in [5.41, 5.74) is 8.05. The maximum atomic E-state index is 6.03. The summed E-state index contributed by atoms with van der Waals surface area (Å²) in [5.74, 6) is 5.71. The van der Waals surface area contributed by atoms with E-state index < -0.39 is 0 Å². The fourth-order valence-electron chi connectivity index (χ4n) is 2.42. The second-order valence-corrected chi connectivity index (χ2v) is 5.77. The van der Waals surface area contributed by atoms with E-state index in [2.05, 4.69) is 43.5 Å². The van der Waals surface area contributed by atoms with Gasteiger partial charge in [0.15, 0.2) is 0 Å². The maximum Gasteiger partial charge on any atom is 0.0408 e. The molecular weight excluding hydrogens is 268 g/mol. The lowest BCUT2D eigenvalue weighted by Crippen LogP contribution is -2.38. The fourth-order valence-corrected chi connectivity index (χ4v) is 2.64. The van der Waals surface area contributed by atoms with E-state index in [-0.39, 0.29) is 6.04 Å². The Kier molecular flexibility index (Phi) is 5.18. The van der Waals surface area contributed by atoms with Crippen molar-refractivity contribution in [2.75, 3.05) is 0 Å². The summed E-state index contributed by atoms with van der Waals surface area (Å²) in [6.45, 7) is 4.26. The van der Waals surface area contributed by atoms with Crippen molar-refractivity contribution in [1.29, 1.82) is 0 Å². The van der Waals surface area contributed by atoms with Gasteiger partial charge in [-0.25, -0.2) is 0 Å². The average molecular weight is 289 g/mol. The summed E-state index contributed by atoms with van der Waals surface area (Å²) in [6.07, 6.45) is 1.78. The quantitative estimate of drug-likeness (QED) is 0.652. The molecule has 3 heteroatoms. The zero-order chi connectivity index (χ0) is 14.5. The Morgan fingerprint density at radius 3 is 2.60 bits per heavy atom. The topological polar surface area (TPSA) is 38.0 Å². The third-order valence-corrected chi connectivity index (χ3v) is 3.81. The number of hydrazine groups is 1. The second kappa shape index (κ2) is 6.89. The van der Waals surface area contributed by atoms with Crippen molar-refractivity contribution in [3.05, 3.63) is 69.7 Å². The van der Waals surface area contributed by atoms with Crippen LogP contribution in [0.1, 0.15) is 22.3 Å². The molecule has 0 radical (unpaired) electrons. The first-order valence-corrected chi connectivity index (χ1v) is 7.23. The number of hydrogen-bond acceptors (Lipinski definition) is 2. The Hall–Kier alpha value is -1.35. The Labute approximate surface area is 125 Å². The van der Waals surface area contributed by atoms with Crippen LogP contribution in [-0.4, -0.2) is 6.04 Å². The van der Waals surface area contributed by atoms with Crippen LogP contribution < -0.4 is 11.3 Å². The Balaban J connectivity index is 2.11. The highest BCUT2D eigenvalue weighted by Gasteiger charge is 2.11. The van der Waals surface area contributed by atoms with Crippen LogP contribution in [0.25, 0.3) is 0 Å². The summed E-state index contributed by atoms with van der Waals surface area (Å²) in [5, 5.41) is 0.769.